The van der Waals surface area contributed by atoms with Crippen LogP contribution in [0, 0.1) is 5.92 Å². The lowest BCUT2D eigenvalue weighted by Crippen LogP contribution is -2.36. The van der Waals surface area contributed by atoms with Gasteiger partial charge in [-0.15, -0.1) is 0 Å². The number of hydrogen-bond donors (Lipinski definition) is 2. The average Bonchev–Trinajstić information content (AvgIpc) is 2.09. The van der Waals surface area contributed by atoms with E-state index in [-0.39, 0.29) is 25.4 Å². The molecular weight excluding hydrogens is 156 g/mol. The number of aliphatic hydroxyl groups is 2. The van der Waals surface area contributed by atoms with Gasteiger partial charge in [0.05, 0.1) is 18.8 Å². The van der Waals surface area contributed by atoms with Crippen LogP contribution in [0.25, 0.3) is 0 Å². The summed E-state index contributed by atoms with van der Waals surface area (Å²) in [5.41, 5.74) is 0. The third-order valence-electron chi connectivity index (χ3n) is 2.58. The van der Waals surface area contributed by atoms with Crippen molar-refractivity contribution < 1.29 is 14.9 Å². The molecule has 1 fully saturated rings. The first-order valence-electron chi connectivity index (χ1n) is 4.65. The summed E-state index contributed by atoms with van der Waals surface area (Å²) < 4.78 is 5.58. The van der Waals surface area contributed by atoms with Crippen molar-refractivity contribution in [1.82, 2.24) is 0 Å². The maximum atomic E-state index is 8.96. The van der Waals surface area contributed by atoms with E-state index < -0.39 is 0 Å². The van der Waals surface area contributed by atoms with Gasteiger partial charge in [0.15, 0.2) is 0 Å². The summed E-state index contributed by atoms with van der Waals surface area (Å²) in [6.07, 6.45) is 2.94. The molecule has 0 radical (unpaired) electrons. The Morgan fingerprint density at radius 1 is 1.33 bits per heavy atom. The van der Waals surface area contributed by atoms with Gasteiger partial charge in [0.1, 0.15) is 0 Å². The van der Waals surface area contributed by atoms with Crippen molar-refractivity contribution in [2.24, 2.45) is 5.92 Å². The molecule has 0 amide bonds. The largest absolute Gasteiger partial charge is 0.396 e. The predicted molar refractivity (Wildman–Crippen MR) is 45.8 cm³/mol. The van der Waals surface area contributed by atoms with Gasteiger partial charge in [-0.25, -0.2) is 0 Å². The highest BCUT2D eigenvalue weighted by atomic mass is 16.5. The van der Waals surface area contributed by atoms with Gasteiger partial charge in [-0.3, -0.25) is 0 Å². The molecule has 0 aromatic rings. The fraction of sp³-hybridized carbons (Fsp3) is 1.00. The second-order valence-electron chi connectivity index (χ2n) is 3.55. The molecule has 1 rings (SSSR count). The van der Waals surface area contributed by atoms with Crippen LogP contribution >= 0.6 is 0 Å². The van der Waals surface area contributed by atoms with Gasteiger partial charge in [0, 0.05) is 6.61 Å². The Kier molecular flexibility index (Phi) is 3.98. The summed E-state index contributed by atoms with van der Waals surface area (Å²) in [4.78, 5) is 0. The second-order valence-corrected chi connectivity index (χ2v) is 3.55. The molecule has 0 unspecified atom stereocenters. The molecule has 0 aromatic carbocycles. The molecule has 0 bridgehead atoms. The summed E-state index contributed by atoms with van der Waals surface area (Å²) in [5, 5.41) is 17.7. The lowest BCUT2D eigenvalue weighted by Gasteiger charge is -2.33. The molecule has 1 saturated heterocycles. The highest BCUT2D eigenvalue weighted by molar-refractivity contribution is 4.75. The van der Waals surface area contributed by atoms with E-state index in [0.29, 0.717) is 12.3 Å². The molecule has 0 aliphatic carbocycles. The predicted octanol–water partition coefficient (Wildman–Crippen LogP) is 0.545. The van der Waals surface area contributed by atoms with Crippen LogP contribution in [-0.4, -0.2) is 35.6 Å². The van der Waals surface area contributed by atoms with Gasteiger partial charge in [0.25, 0.3) is 0 Å². The highest BCUT2D eigenvalue weighted by Gasteiger charge is 2.27. The second kappa shape index (κ2) is 4.80. The van der Waals surface area contributed by atoms with Crippen LogP contribution in [0.3, 0.4) is 0 Å². The monoisotopic (exact) mass is 174 g/mol. The van der Waals surface area contributed by atoms with E-state index in [1.807, 2.05) is 0 Å². The number of aliphatic hydroxyl groups excluding tert-OH is 2. The van der Waals surface area contributed by atoms with Gasteiger partial charge < -0.3 is 14.9 Å². The van der Waals surface area contributed by atoms with Gasteiger partial charge in [-0.2, -0.15) is 0 Å². The first-order chi connectivity index (χ1) is 5.77. The number of rotatable bonds is 3. The van der Waals surface area contributed by atoms with E-state index in [1.54, 1.807) is 0 Å². The van der Waals surface area contributed by atoms with Gasteiger partial charge in [-0.05, 0) is 25.2 Å². The zero-order valence-electron chi connectivity index (χ0n) is 7.57. The van der Waals surface area contributed by atoms with Crippen LogP contribution in [0.5, 0.6) is 0 Å². The van der Waals surface area contributed by atoms with Crippen LogP contribution in [0.2, 0.25) is 0 Å². The highest BCUT2D eigenvalue weighted by Crippen LogP contribution is 2.25. The molecule has 0 aromatic heterocycles. The van der Waals surface area contributed by atoms with Gasteiger partial charge in [-0.1, -0.05) is 6.92 Å². The SMILES string of the molecule is C[C@H]1CC[C@H](CCO)O[C@@H]1CO. The van der Waals surface area contributed by atoms with Crippen LogP contribution < -0.4 is 0 Å². The maximum Gasteiger partial charge on any atom is 0.0834 e. The Hall–Kier alpha value is -0.120. The Bertz CT molecular complexity index is 127. The van der Waals surface area contributed by atoms with Crippen molar-refractivity contribution in [1.29, 1.82) is 0 Å². The normalized spacial score (nSPS) is 36.8. The third-order valence-corrected chi connectivity index (χ3v) is 2.58. The third kappa shape index (κ3) is 2.44. The molecule has 72 valence electrons. The maximum absolute atomic E-state index is 8.96. The minimum Gasteiger partial charge on any atom is -0.396 e. The Balaban J connectivity index is 2.33. The van der Waals surface area contributed by atoms with Crippen molar-refractivity contribution in [3.8, 4) is 0 Å². The molecule has 1 aliphatic heterocycles. The minimum absolute atomic E-state index is 0.0182. The van der Waals surface area contributed by atoms with Crippen LogP contribution in [0.4, 0.5) is 0 Å². The zero-order valence-corrected chi connectivity index (χ0v) is 7.57. The molecule has 2 N–H and O–H groups in total. The number of ether oxygens (including phenoxy) is 1. The standard InChI is InChI=1S/C9H18O3/c1-7-2-3-8(4-5-10)12-9(7)6-11/h7-11H,2-6H2,1H3/t7-,8+,9+/m0/s1. The van der Waals surface area contributed by atoms with Gasteiger partial charge in [0.2, 0.25) is 0 Å². The lowest BCUT2D eigenvalue weighted by molar-refractivity contribution is -0.105. The summed E-state index contributed by atoms with van der Waals surface area (Å²) >= 11 is 0. The van der Waals surface area contributed by atoms with Crippen molar-refractivity contribution in [2.75, 3.05) is 13.2 Å². The molecule has 3 heteroatoms. The smallest absolute Gasteiger partial charge is 0.0834 e. The van der Waals surface area contributed by atoms with Crippen molar-refractivity contribution >= 4 is 0 Å². The summed E-state index contributed by atoms with van der Waals surface area (Å²) in [5.74, 6) is 0.449. The van der Waals surface area contributed by atoms with E-state index in [1.165, 1.54) is 0 Å². The molecule has 0 saturated carbocycles. The average molecular weight is 174 g/mol. The van der Waals surface area contributed by atoms with E-state index in [2.05, 4.69) is 6.92 Å². The molecule has 12 heavy (non-hydrogen) atoms. The van der Waals surface area contributed by atoms with Crippen molar-refractivity contribution in [3.63, 3.8) is 0 Å². The molecule has 1 heterocycles. The zero-order chi connectivity index (χ0) is 8.97. The molecule has 0 spiro atoms. The Labute approximate surface area is 73.4 Å². The quantitative estimate of drug-likeness (QED) is 0.656. The molecule has 3 atom stereocenters. The van der Waals surface area contributed by atoms with E-state index in [9.17, 15) is 0 Å². The van der Waals surface area contributed by atoms with E-state index in [0.717, 1.165) is 12.8 Å². The van der Waals surface area contributed by atoms with Crippen LogP contribution in [0.1, 0.15) is 26.2 Å². The lowest BCUT2D eigenvalue weighted by atomic mass is 9.93. The van der Waals surface area contributed by atoms with Crippen LogP contribution in [0.15, 0.2) is 0 Å². The first kappa shape index (κ1) is 9.96. The van der Waals surface area contributed by atoms with Crippen molar-refractivity contribution in [2.45, 2.75) is 38.4 Å². The topological polar surface area (TPSA) is 49.7 Å². The first-order valence-corrected chi connectivity index (χ1v) is 4.65. The Morgan fingerprint density at radius 2 is 2.08 bits per heavy atom. The van der Waals surface area contributed by atoms with E-state index >= 15 is 0 Å². The Morgan fingerprint density at radius 3 is 2.67 bits per heavy atom. The van der Waals surface area contributed by atoms with E-state index in [4.69, 9.17) is 14.9 Å². The summed E-state index contributed by atoms with van der Waals surface area (Å²) in [6.45, 7) is 2.37. The van der Waals surface area contributed by atoms with Crippen molar-refractivity contribution in [3.05, 3.63) is 0 Å². The number of hydrogen-bond acceptors (Lipinski definition) is 3. The minimum atomic E-state index is -0.0182. The molecular formula is C9H18O3. The summed E-state index contributed by atoms with van der Waals surface area (Å²) in [7, 11) is 0. The fourth-order valence-corrected chi connectivity index (χ4v) is 1.66. The van der Waals surface area contributed by atoms with Gasteiger partial charge >= 0.3 is 0 Å². The summed E-state index contributed by atoms with van der Waals surface area (Å²) in [6, 6.07) is 0. The molecule has 3 nitrogen and oxygen atoms in total. The fourth-order valence-electron chi connectivity index (χ4n) is 1.66. The molecule has 1 aliphatic rings. The van der Waals surface area contributed by atoms with Crippen LogP contribution in [-0.2, 0) is 4.74 Å².